The van der Waals surface area contributed by atoms with E-state index in [0.717, 1.165) is 5.69 Å². The number of aromatic nitrogens is 1. The van der Waals surface area contributed by atoms with Crippen LogP contribution in [0.4, 0.5) is 5.69 Å². The Morgan fingerprint density at radius 1 is 1.50 bits per heavy atom. The van der Waals surface area contributed by atoms with Crippen molar-refractivity contribution >= 4 is 11.6 Å². The van der Waals surface area contributed by atoms with Crippen LogP contribution in [0.25, 0.3) is 0 Å². The highest BCUT2D eigenvalue weighted by atomic mass is 16.5. The fourth-order valence-corrected chi connectivity index (χ4v) is 2.41. The quantitative estimate of drug-likeness (QED) is 0.753. The Labute approximate surface area is 106 Å². The summed E-state index contributed by atoms with van der Waals surface area (Å²) in [4.78, 5) is 17.4. The van der Waals surface area contributed by atoms with Crippen molar-refractivity contribution in [3.05, 3.63) is 24.5 Å². The predicted molar refractivity (Wildman–Crippen MR) is 68.0 cm³/mol. The first-order valence-corrected chi connectivity index (χ1v) is 5.88. The Morgan fingerprint density at radius 2 is 2.17 bits per heavy atom. The minimum atomic E-state index is -0.501. The van der Waals surface area contributed by atoms with E-state index in [1.54, 1.807) is 19.5 Å². The molecule has 3 atom stereocenters. The van der Waals surface area contributed by atoms with Crippen molar-refractivity contribution in [2.45, 2.75) is 24.6 Å². The van der Waals surface area contributed by atoms with E-state index in [1.807, 2.05) is 17.0 Å². The van der Waals surface area contributed by atoms with E-state index in [2.05, 4.69) is 4.98 Å². The number of methoxy groups -OCH3 is 1. The Bertz CT molecular complexity index is 412. The maximum Gasteiger partial charge on any atom is 0.241 e. The molecule has 4 N–H and O–H groups in total. The van der Waals surface area contributed by atoms with Crippen molar-refractivity contribution < 1.29 is 9.53 Å². The van der Waals surface area contributed by atoms with Crippen LogP contribution in [0.3, 0.4) is 0 Å². The Kier molecular flexibility index (Phi) is 3.78. The molecule has 1 fully saturated rings. The van der Waals surface area contributed by atoms with Crippen LogP contribution in [-0.2, 0) is 9.53 Å². The molecule has 0 bridgehead atoms. The zero-order valence-corrected chi connectivity index (χ0v) is 10.3. The van der Waals surface area contributed by atoms with Crippen molar-refractivity contribution in [2.24, 2.45) is 11.5 Å². The molecule has 0 saturated carbocycles. The van der Waals surface area contributed by atoms with Gasteiger partial charge in [-0.25, -0.2) is 0 Å². The average Bonchev–Trinajstić information content (AvgIpc) is 2.38. The first-order valence-electron chi connectivity index (χ1n) is 5.88. The summed E-state index contributed by atoms with van der Waals surface area (Å²) in [6, 6.07) is 2.84. The highest BCUT2D eigenvalue weighted by Gasteiger charge is 2.37. The third-order valence-corrected chi connectivity index (χ3v) is 3.30. The largest absolute Gasteiger partial charge is 0.380 e. The number of piperidine rings is 1. The van der Waals surface area contributed by atoms with Gasteiger partial charge in [-0.3, -0.25) is 9.78 Å². The Hall–Kier alpha value is -1.66. The van der Waals surface area contributed by atoms with Crippen LogP contribution in [-0.4, -0.2) is 42.7 Å². The molecule has 1 aromatic heterocycles. The summed E-state index contributed by atoms with van der Waals surface area (Å²) in [5, 5.41) is 0. The SMILES string of the molecule is COC1CC(N)C(C(N)=O)N(c2ccncc2)C1. The molecule has 2 heterocycles. The Balaban J connectivity index is 2.30. The molecule has 3 unspecified atom stereocenters. The third kappa shape index (κ3) is 2.44. The van der Waals surface area contributed by atoms with Gasteiger partial charge >= 0.3 is 0 Å². The number of carbonyl (C=O) groups is 1. The number of anilines is 1. The number of pyridine rings is 1. The van der Waals surface area contributed by atoms with Crippen LogP contribution in [0, 0.1) is 0 Å². The number of rotatable bonds is 3. The van der Waals surface area contributed by atoms with Crippen LogP contribution in [0.15, 0.2) is 24.5 Å². The predicted octanol–water partition coefficient (Wildman–Crippen LogP) is -0.512. The van der Waals surface area contributed by atoms with Gasteiger partial charge in [0.25, 0.3) is 0 Å². The van der Waals surface area contributed by atoms with Gasteiger partial charge in [0, 0.05) is 37.8 Å². The molecular weight excluding hydrogens is 232 g/mol. The topological polar surface area (TPSA) is 94.5 Å². The molecule has 6 heteroatoms. The second kappa shape index (κ2) is 5.32. The molecule has 1 aliphatic rings. The second-order valence-corrected chi connectivity index (χ2v) is 4.46. The molecule has 18 heavy (non-hydrogen) atoms. The van der Waals surface area contributed by atoms with Crippen molar-refractivity contribution in [3.8, 4) is 0 Å². The van der Waals surface area contributed by atoms with Crippen LogP contribution < -0.4 is 16.4 Å². The molecular formula is C12H18N4O2. The van der Waals surface area contributed by atoms with Crippen molar-refractivity contribution in [1.82, 2.24) is 4.98 Å². The van der Waals surface area contributed by atoms with E-state index in [0.29, 0.717) is 13.0 Å². The van der Waals surface area contributed by atoms with Gasteiger partial charge in [0.2, 0.25) is 5.91 Å². The van der Waals surface area contributed by atoms with E-state index >= 15 is 0 Å². The van der Waals surface area contributed by atoms with Crippen LogP contribution >= 0.6 is 0 Å². The molecule has 0 aromatic carbocycles. The summed E-state index contributed by atoms with van der Waals surface area (Å²) >= 11 is 0. The Morgan fingerprint density at radius 3 is 2.72 bits per heavy atom. The summed E-state index contributed by atoms with van der Waals surface area (Å²) in [5.41, 5.74) is 12.4. The molecule has 0 aliphatic carbocycles. The first-order chi connectivity index (χ1) is 8.63. The normalized spacial score (nSPS) is 28.1. The van der Waals surface area contributed by atoms with Gasteiger partial charge in [-0.1, -0.05) is 0 Å². The van der Waals surface area contributed by atoms with Gasteiger partial charge in [-0.2, -0.15) is 0 Å². The summed E-state index contributed by atoms with van der Waals surface area (Å²) in [6.45, 7) is 0.599. The van der Waals surface area contributed by atoms with Crippen LogP contribution in [0.2, 0.25) is 0 Å². The maximum atomic E-state index is 11.6. The lowest BCUT2D eigenvalue weighted by Crippen LogP contribution is -2.62. The lowest BCUT2D eigenvalue weighted by molar-refractivity contribution is -0.120. The maximum absolute atomic E-state index is 11.6. The third-order valence-electron chi connectivity index (χ3n) is 3.30. The van der Waals surface area contributed by atoms with Crippen molar-refractivity contribution in [3.63, 3.8) is 0 Å². The summed E-state index contributed by atoms with van der Waals surface area (Å²) < 4.78 is 5.35. The van der Waals surface area contributed by atoms with Gasteiger partial charge in [0.1, 0.15) is 6.04 Å². The number of amides is 1. The van der Waals surface area contributed by atoms with Gasteiger partial charge in [-0.05, 0) is 18.6 Å². The number of hydrogen-bond donors (Lipinski definition) is 2. The minimum Gasteiger partial charge on any atom is -0.380 e. The van der Waals surface area contributed by atoms with Gasteiger partial charge < -0.3 is 21.1 Å². The standard InChI is InChI=1S/C12H18N4O2/c1-18-9-6-10(13)11(12(14)17)16(7-9)8-2-4-15-5-3-8/h2-5,9-11H,6-7,13H2,1H3,(H2,14,17). The summed E-state index contributed by atoms with van der Waals surface area (Å²) in [6.07, 6.45) is 3.99. The zero-order valence-electron chi connectivity index (χ0n) is 10.3. The number of nitrogens with two attached hydrogens (primary N) is 2. The van der Waals surface area contributed by atoms with Gasteiger partial charge in [0.15, 0.2) is 0 Å². The van der Waals surface area contributed by atoms with Crippen molar-refractivity contribution in [1.29, 1.82) is 0 Å². The highest BCUT2D eigenvalue weighted by Crippen LogP contribution is 2.24. The average molecular weight is 250 g/mol. The first kappa shape index (κ1) is 12.8. The number of hydrogen-bond acceptors (Lipinski definition) is 5. The number of nitrogens with zero attached hydrogens (tertiary/aromatic N) is 2. The van der Waals surface area contributed by atoms with Crippen LogP contribution in [0.5, 0.6) is 0 Å². The van der Waals surface area contributed by atoms with Gasteiger partial charge in [0.05, 0.1) is 6.10 Å². The minimum absolute atomic E-state index is 0.00349. The van der Waals surface area contributed by atoms with E-state index in [-0.39, 0.29) is 12.1 Å². The second-order valence-electron chi connectivity index (χ2n) is 4.46. The summed E-state index contributed by atoms with van der Waals surface area (Å²) in [5.74, 6) is -0.408. The monoisotopic (exact) mass is 250 g/mol. The molecule has 1 aromatic rings. The van der Waals surface area contributed by atoms with Crippen LogP contribution in [0.1, 0.15) is 6.42 Å². The van der Waals surface area contributed by atoms with Crippen molar-refractivity contribution in [2.75, 3.05) is 18.6 Å². The molecule has 0 spiro atoms. The number of ether oxygens (including phenoxy) is 1. The fourth-order valence-electron chi connectivity index (χ4n) is 2.41. The molecule has 98 valence electrons. The molecule has 1 saturated heterocycles. The molecule has 1 amide bonds. The van der Waals surface area contributed by atoms with E-state index < -0.39 is 11.9 Å². The summed E-state index contributed by atoms with van der Waals surface area (Å²) in [7, 11) is 1.65. The number of primary amides is 1. The number of carbonyl (C=O) groups excluding carboxylic acids is 1. The lowest BCUT2D eigenvalue weighted by atomic mass is 9.94. The highest BCUT2D eigenvalue weighted by molar-refractivity contribution is 5.85. The van der Waals surface area contributed by atoms with Gasteiger partial charge in [-0.15, -0.1) is 0 Å². The fraction of sp³-hybridized carbons (Fsp3) is 0.500. The van der Waals surface area contributed by atoms with E-state index in [1.165, 1.54) is 0 Å². The zero-order chi connectivity index (χ0) is 13.1. The smallest absolute Gasteiger partial charge is 0.241 e. The molecule has 1 aliphatic heterocycles. The molecule has 2 rings (SSSR count). The van der Waals surface area contributed by atoms with E-state index in [4.69, 9.17) is 16.2 Å². The molecule has 6 nitrogen and oxygen atoms in total. The molecule has 0 radical (unpaired) electrons. The lowest BCUT2D eigenvalue weighted by Gasteiger charge is -2.42. The van der Waals surface area contributed by atoms with E-state index in [9.17, 15) is 4.79 Å².